The summed E-state index contributed by atoms with van der Waals surface area (Å²) < 4.78 is 10.9. The molecule has 0 aliphatic heterocycles. The van der Waals surface area contributed by atoms with Gasteiger partial charge in [-0.05, 0) is 41.5 Å². The normalized spacial score (nSPS) is 10.1. The number of hydrogen-bond donors (Lipinski definition) is 1. The van der Waals surface area contributed by atoms with Crippen LogP contribution in [0.4, 0.5) is 0 Å². The number of nitrogens with one attached hydrogen (secondary N) is 1. The number of alkyl halides is 1. The van der Waals surface area contributed by atoms with E-state index in [1.54, 1.807) is 0 Å². The van der Waals surface area contributed by atoms with Gasteiger partial charge in [0.25, 0.3) is 0 Å². The highest BCUT2D eigenvalue weighted by atomic mass is 35.5. The minimum Gasteiger partial charge on any atom is -0.492 e. The molecule has 0 aliphatic rings. The molecular weight excluding hydrogens is 432 g/mol. The number of aromatic nitrogens is 1. The van der Waals surface area contributed by atoms with Crippen LogP contribution in [0.25, 0.3) is 11.1 Å². The molecule has 0 saturated carbocycles. The number of para-hydroxylation sites is 2. The minimum absolute atomic E-state index is 0.537. The van der Waals surface area contributed by atoms with Gasteiger partial charge in [-0.3, -0.25) is 4.98 Å². The molecule has 3 aromatic carbocycles. The molecule has 4 nitrogen and oxygen atoms in total. The smallest absolute Gasteiger partial charge is 0.119 e. The molecule has 0 amide bonds. The largest absolute Gasteiger partial charge is 0.492 e. The van der Waals surface area contributed by atoms with Gasteiger partial charge in [-0.25, -0.2) is 0 Å². The molecule has 0 fully saturated rings. The molecule has 0 spiro atoms. The Morgan fingerprint density at radius 2 is 1.24 bits per heavy atom. The van der Waals surface area contributed by atoms with E-state index >= 15 is 0 Å². The number of halogens is 1. The van der Waals surface area contributed by atoms with Crippen molar-refractivity contribution in [3.8, 4) is 22.6 Å². The number of hydrogen-bond acceptors (Lipinski definition) is 4. The molecule has 0 aliphatic carbocycles. The standard InChI is InChI=1S/C20H20N2O.C8H9ClO/c1-3-7-18(8-4-1)19-13-17(15-22-16-19)14-21-11-12-23-20-9-5-2-6-10-20;9-6-7-10-8-4-2-1-3-5-8/h1-10,13,15-16,21H,11-12,14H2;1-5H,6-7H2. The summed E-state index contributed by atoms with van der Waals surface area (Å²) in [7, 11) is 0. The highest BCUT2D eigenvalue weighted by Gasteiger charge is 2.00. The minimum atomic E-state index is 0.537. The predicted molar refractivity (Wildman–Crippen MR) is 136 cm³/mol. The average molecular weight is 461 g/mol. The first-order chi connectivity index (χ1) is 16.3. The second-order valence-corrected chi connectivity index (χ2v) is 7.51. The van der Waals surface area contributed by atoms with Crippen molar-refractivity contribution in [1.82, 2.24) is 10.3 Å². The van der Waals surface area contributed by atoms with Gasteiger partial charge in [0, 0.05) is 31.0 Å². The van der Waals surface area contributed by atoms with Crippen LogP contribution >= 0.6 is 11.6 Å². The Hall–Kier alpha value is -3.34. The zero-order chi connectivity index (χ0) is 23.0. The molecular formula is C28H29ClN2O2. The Morgan fingerprint density at radius 1 is 0.667 bits per heavy atom. The molecule has 33 heavy (non-hydrogen) atoms. The Morgan fingerprint density at radius 3 is 1.85 bits per heavy atom. The first kappa shape index (κ1) is 24.3. The van der Waals surface area contributed by atoms with Gasteiger partial charge < -0.3 is 14.8 Å². The van der Waals surface area contributed by atoms with Gasteiger partial charge in [-0.15, -0.1) is 11.6 Å². The van der Waals surface area contributed by atoms with E-state index < -0.39 is 0 Å². The maximum absolute atomic E-state index is 5.66. The molecule has 0 bridgehead atoms. The van der Waals surface area contributed by atoms with Crippen molar-refractivity contribution < 1.29 is 9.47 Å². The van der Waals surface area contributed by atoms with Crippen molar-refractivity contribution in [2.45, 2.75) is 6.54 Å². The molecule has 1 N–H and O–H groups in total. The van der Waals surface area contributed by atoms with E-state index in [0.29, 0.717) is 19.1 Å². The van der Waals surface area contributed by atoms with Crippen LogP contribution in [0.15, 0.2) is 109 Å². The van der Waals surface area contributed by atoms with Crippen molar-refractivity contribution in [2.75, 3.05) is 25.6 Å². The lowest BCUT2D eigenvalue weighted by Gasteiger charge is -2.08. The molecule has 4 aromatic rings. The van der Waals surface area contributed by atoms with Gasteiger partial charge >= 0.3 is 0 Å². The van der Waals surface area contributed by atoms with Crippen molar-refractivity contribution in [3.63, 3.8) is 0 Å². The fourth-order valence-electron chi connectivity index (χ4n) is 3.04. The van der Waals surface area contributed by atoms with Crippen molar-refractivity contribution in [3.05, 3.63) is 115 Å². The third-order valence-electron chi connectivity index (χ3n) is 4.61. The number of nitrogens with zero attached hydrogens (tertiary/aromatic N) is 1. The number of rotatable bonds is 10. The summed E-state index contributed by atoms with van der Waals surface area (Å²) in [5.41, 5.74) is 3.51. The fraction of sp³-hybridized carbons (Fsp3) is 0.179. The van der Waals surface area contributed by atoms with Crippen LogP contribution < -0.4 is 14.8 Å². The Labute approximate surface area is 201 Å². The Bertz CT molecular complexity index is 1030. The van der Waals surface area contributed by atoms with E-state index in [9.17, 15) is 0 Å². The zero-order valence-corrected chi connectivity index (χ0v) is 19.3. The van der Waals surface area contributed by atoms with E-state index in [2.05, 4.69) is 28.5 Å². The molecule has 170 valence electrons. The molecule has 0 radical (unpaired) electrons. The molecule has 1 aromatic heterocycles. The summed E-state index contributed by atoms with van der Waals surface area (Å²) in [5.74, 6) is 2.32. The highest BCUT2D eigenvalue weighted by Crippen LogP contribution is 2.18. The quantitative estimate of drug-likeness (QED) is 0.225. The average Bonchev–Trinajstić information content (AvgIpc) is 2.89. The van der Waals surface area contributed by atoms with Crippen molar-refractivity contribution >= 4 is 11.6 Å². The summed E-state index contributed by atoms with van der Waals surface area (Å²) >= 11 is 5.43. The summed E-state index contributed by atoms with van der Waals surface area (Å²) in [6.45, 7) is 2.80. The Kier molecular flexibility index (Phi) is 10.8. The number of ether oxygens (including phenoxy) is 2. The summed E-state index contributed by atoms with van der Waals surface area (Å²) in [4.78, 5) is 4.34. The molecule has 0 atom stereocenters. The third kappa shape index (κ3) is 9.36. The third-order valence-corrected chi connectivity index (χ3v) is 4.77. The van der Waals surface area contributed by atoms with Gasteiger partial charge in [-0.1, -0.05) is 66.7 Å². The predicted octanol–water partition coefficient (Wildman–Crippen LogP) is 6.22. The van der Waals surface area contributed by atoms with Crippen molar-refractivity contribution in [2.24, 2.45) is 0 Å². The van der Waals surface area contributed by atoms with Gasteiger partial charge in [0.1, 0.15) is 24.7 Å². The second kappa shape index (κ2) is 14.7. The van der Waals surface area contributed by atoms with E-state index in [1.165, 1.54) is 11.1 Å². The molecule has 0 saturated heterocycles. The van der Waals surface area contributed by atoms with Gasteiger partial charge in [0.05, 0.1) is 5.88 Å². The van der Waals surface area contributed by atoms with Gasteiger partial charge in [0.15, 0.2) is 0 Å². The van der Waals surface area contributed by atoms with Crippen LogP contribution in [0.3, 0.4) is 0 Å². The Balaban J connectivity index is 0.000000257. The van der Waals surface area contributed by atoms with Crippen LogP contribution in [0.1, 0.15) is 5.56 Å². The highest BCUT2D eigenvalue weighted by molar-refractivity contribution is 6.18. The summed E-state index contributed by atoms with van der Waals surface area (Å²) in [6, 6.07) is 32.0. The zero-order valence-electron chi connectivity index (χ0n) is 18.6. The first-order valence-electron chi connectivity index (χ1n) is 11.0. The van der Waals surface area contributed by atoms with Crippen LogP contribution in [0.2, 0.25) is 0 Å². The van der Waals surface area contributed by atoms with E-state index in [1.807, 2.05) is 91.3 Å². The maximum atomic E-state index is 5.66. The molecule has 0 unspecified atom stereocenters. The molecule has 5 heteroatoms. The topological polar surface area (TPSA) is 43.4 Å². The van der Waals surface area contributed by atoms with Gasteiger partial charge in [-0.2, -0.15) is 0 Å². The maximum Gasteiger partial charge on any atom is 0.119 e. The lowest BCUT2D eigenvalue weighted by Crippen LogP contribution is -2.20. The number of benzene rings is 3. The van der Waals surface area contributed by atoms with Crippen LogP contribution in [-0.2, 0) is 6.54 Å². The fourth-order valence-corrected chi connectivity index (χ4v) is 3.11. The van der Waals surface area contributed by atoms with Crippen LogP contribution in [-0.4, -0.2) is 30.6 Å². The summed E-state index contributed by atoms with van der Waals surface area (Å²) in [5, 5.41) is 3.39. The lowest BCUT2D eigenvalue weighted by molar-refractivity contribution is 0.313. The van der Waals surface area contributed by atoms with Crippen molar-refractivity contribution in [1.29, 1.82) is 0 Å². The van der Waals surface area contributed by atoms with E-state index in [0.717, 1.165) is 30.2 Å². The van der Waals surface area contributed by atoms with E-state index in [4.69, 9.17) is 21.1 Å². The monoisotopic (exact) mass is 460 g/mol. The van der Waals surface area contributed by atoms with Crippen LogP contribution in [0, 0.1) is 0 Å². The van der Waals surface area contributed by atoms with E-state index in [-0.39, 0.29) is 0 Å². The summed E-state index contributed by atoms with van der Waals surface area (Å²) in [6.07, 6.45) is 3.80. The number of pyridine rings is 1. The SMILES string of the molecule is ClCCOc1ccccc1.c1ccc(OCCNCc2cncc(-c3ccccc3)c2)cc1. The first-order valence-corrected chi connectivity index (χ1v) is 11.5. The second-order valence-electron chi connectivity index (χ2n) is 7.14. The molecule has 4 rings (SSSR count). The lowest BCUT2D eigenvalue weighted by atomic mass is 10.1. The molecule has 1 heterocycles. The van der Waals surface area contributed by atoms with Crippen LogP contribution in [0.5, 0.6) is 11.5 Å². The van der Waals surface area contributed by atoms with Gasteiger partial charge in [0.2, 0.25) is 0 Å².